The van der Waals surface area contributed by atoms with Crippen LogP contribution in [0, 0.1) is 15.9 Å². The maximum atomic E-state index is 13.1. The molecule has 0 amide bonds. The fraction of sp³-hybridized carbons (Fsp3) is 0.167. The number of pyridine rings is 1. The molecule has 1 rings (SSSR count). The molecule has 0 aliphatic rings. The van der Waals surface area contributed by atoms with E-state index in [0.29, 0.717) is 0 Å². The molecule has 8 nitrogen and oxygen atoms in total. The molecule has 1 aromatic heterocycles. The largest absolute Gasteiger partial charge is 0.574 e. The lowest BCUT2D eigenvalue weighted by Crippen LogP contribution is -2.23. The molecule has 19 heavy (non-hydrogen) atoms. The molecule has 0 atom stereocenters. The third-order valence-corrected chi connectivity index (χ3v) is 2.55. The van der Waals surface area contributed by atoms with Crippen molar-refractivity contribution in [3.8, 4) is 5.88 Å². The van der Waals surface area contributed by atoms with Crippen LogP contribution in [0.4, 0.5) is 23.2 Å². The van der Waals surface area contributed by atoms with Gasteiger partial charge in [0.15, 0.2) is 0 Å². The predicted octanol–water partition coefficient (Wildman–Crippen LogP) is 0.675. The van der Waals surface area contributed by atoms with Crippen LogP contribution in [0.3, 0.4) is 0 Å². The number of nitrogens with zero attached hydrogens (tertiary/aromatic N) is 2. The maximum absolute atomic E-state index is 13.1. The first kappa shape index (κ1) is 15.0. The second kappa shape index (κ2) is 4.58. The molecule has 0 bridgehead atoms. The summed E-state index contributed by atoms with van der Waals surface area (Å²) in [5.41, 5.74) is -1.78. The van der Waals surface area contributed by atoms with Crippen molar-refractivity contribution < 1.29 is 35.6 Å². The van der Waals surface area contributed by atoms with E-state index >= 15 is 0 Å². The van der Waals surface area contributed by atoms with Crippen LogP contribution in [0.15, 0.2) is 11.1 Å². The van der Waals surface area contributed by atoms with Crippen molar-refractivity contribution >= 4 is 15.7 Å². The average molecular weight is 305 g/mol. The van der Waals surface area contributed by atoms with Crippen molar-refractivity contribution in [2.75, 3.05) is 0 Å². The van der Waals surface area contributed by atoms with Gasteiger partial charge in [-0.25, -0.2) is 18.5 Å². The zero-order valence-corrected chi connectivity index (χ0v) is 9.33. The molecule has 13 heteroatoms. The molecule has 0 fully saturated rings. The van der Waals surface area contributed by atoms with Gasteiger partial charge in [-0.3, -0.25) is 10.1 Å². The molecule has 0 saturated heterocycles. The lowest BCUT2D eigenvalue weighted by molar-refractivity contribution is -0.391. The van der Waals surface area contributed by atoms with E-state index in [-0.39, 0.29) is 6.20 Å². The summed E-state index contributed by atoms with van der Waals surface area (Å²) in [7, 11) is -5.07. The third kappa shape index (κ3) is 3.47. The van der Waals surface area contributed by atoms with Crippen molar-refractivity contribution in [1.29, 1.82) is 0 Å². The van der Waals surface area contributed by atoms with Gasteiger partial charge in [0.2, 0.25) is 26.6 Å². The number of halogens is 4. The van der Waals surface area contributed by atoms with Crippen LogP contribution in [0.25, 0.3) is 0 Å². The summed E-state index contributed by atoms with van der Waals surface area (Å²) in [4.78, 5) is 9.83. The van der Waals surface area contributed by atoms with Crippen LogP contribution in [0.2, 0.25) is 0 Å². The van der Waals surface area contributed by atoms with E-state index in [1.807, 2.05) is 0 Å². The SMILES string of the molecule is NS(=O)(=O)c1c(OC(F)(F)F)ncc(F)c1[N+](=O)[O-]. The van der Waals surface area contributed by atoms with Crippen LogP contribution >= 0.6 is 0 Å². The Kier molecular flexibility index (Phi) is 3.63. The molecule has 2 N–H and O–H groups in total. The molecule has 0 aliphatic carbocycles. The van der Waals surface area contributed by atoms with Gasteiger partial charge in [-0.1, -0.05) is 0 Å². The molecule has 0 radical (unpaired) electrons. The summed E-state index contributed by atoms with van der Waals surface area (Å²) >= 11 is 0. The van der Waals surface area contributed by atoms with Crippen molar-refractivity contribution in [3.63, 3.8) is 0 Å². The van der Waals surface area contributed by atoms with Crippen molar-refractivity contribution in [3.05, 3.63) is 22.1 Å². The minimum absolute atomic E-state index is 0.00782. The van der Waals surface area contributed by atoms with Crippen molar-refractivity contribution in [1.82, 2.24) is 4.98 Å². The summed E-state index contributed by atoms with van der Waals surface area (Å²) in [5, 5.41) is 15.0. The van der Waals surface area contributed by atoms with Gasteiger partial charge in [0.05, 0.1) is 11.1 Å². The molecule has 0 spiro atoms. The number of alkyl halides is 3. The van der Waals surface area contributed by atoms with Gasteiger partial charge >= 0.3 is 12.0 Å². The van der Waals surface area contributed by atoms with Gasteiger partial charge < -0.3 is 4.74 Å². The number of primary sulfonamides is 1. The van der Waals surface area contributed by atoms with Crippen molar-refractivity contribution in [2.45, 2.75) is 11.3 Å². The Balaban J connectivity index is 3.67. The molecule has 1 aromatic rings. The van der Waals surface area contributed by atoms with E-state index in [0.717, 1.165) is 0 Å². The Labute approximate surface area is 102 Å². The summed E-state index contributed by atoms with van der Waals surface area (Å²) in [5.74, 6) is -3.51. The molecular formula is C6H3F4N3O5S. The van der Waals surface area contributed by atoms with Gasteiger partial charge in [-0.15, -0.1) is 13.2 Å². The van der Waals surface area contributed by atoms with Crippen molar-refractivity contribution in [2.24, 2.45) is 5.14 Å². The van der Waals surface area contributed by atoms with E-state index < -0.39 is 43.6 Å². The first-order valence-electron chi connectivity index (χ1n) is 4.05. The van der Waals surface area contributed by atoms with E-state index in [1.54, 1.807) is 0 Å². The number of hydrogen-bond acceptors (Lipinski definition) is 6. The molecule has 0 aliphatic heterocycles. The summed E-state index contributed by atoms with van der Waals surface area (Å²) in [6.45, 7) is 0. The Morgan fingerprint density at radius 2 is 1.95 bits per heavy atom. The highest BCUT2D eigenvalue weighted by Crippen LogP contribution is 2.35. The number of rotatable bonds is 3. The summed E-state index contributed by atoms with van der Waals surface area (Å²) in [6.07, 6.45) is -5.38. The fourth-order valence-electron chi connectivity index (χ4n) is 1.05. The predicted molar refractivity (Wildman–Crippen MR) is 48.9 cm³/mol. The smallest absolute Gasteiger partial charge is 0.386 e. The monoisotopic (exact) mass is 305 g/mol. The highest BCUT2D eigenvalue weighted by molar-refractivity contribution is 7.89. The average Bonchev–Trinajstić information content (AvgIpc) is 2.15. The maximum Gasteiger partial charge on any atom is 0.574 e. The Morgan fingerprint density at radius 3 is 2.32 bits per heavy atom. The third-order valence-electron chi connectivity index (χ3n) is 1.61. The first-order chi connectivity index (χ1) is 8.43. The Morgan fingerprint density at radius 1 is 1.42 bits per heavy atom. The van der Waals surface area contributed by atoms with Gasteiger partial charge in [0, 0.05) is 0 Å². The van der Waals surface area contributed by atoms with Crippen LogP contribution in [-0.4, -0.2) is 24.7 Å². The quantitative estimate of drug-likeness (QED) is 0.497. The number of nitro groups is 1. The topological polar surface area (TPSA) is 125 Å². The Hall–Kier alpha value is -2.02. The number of nitrogens with two attached hydrogens (primary N) is 1. The highest BCUT2D eigenvalue weighted by atomic mass is 32.2. The number of hydrogen-bond donors (Lipinski definition) is 1. The minimum atomic E-state index is -5.39. The lowest BCUT2D eigenvalue weighted by atomic mass is 10.4. The first-order valence-corrected chi connectivity index (χ1v) is 5.59. The molecule has 106 valence electrons. The number of aromatic nitrogens is 1. The number of sulfonamides is 1. The van der Waals surface area contributed by atoms with Crippen LogP contribution in [0.1, 0.15) is 0 Å². The zero-order valence-electron chi connectivity index (χ0n) is 8.51. The standard InChI is InChI=1S/C6H3F4N3O5S/c7-2-1-12-5(18-6(8,9)10)4(19(11,16)17)3(2)13(14)15/h1H,(H2,11,16,17). The lowest BCUT2D eigenvalue weighted by Gasteiger charge is -2.11. The van der Waals surface area contributed by atoms with Crippen LogP contribution in [0.5, 0.6) is 5.88 Å². The fourth-order valence-corrected chi connectivity index (χ4v) is 1.83. The van der Waals surface area contributed by atoms with Gasteiger partial charge in [-0.2, -0.15) is 4.39 Å². The molecule has 0 unspecified atom stereocenters. The summed E-state index contributed by atoms with van der Waals surface area (Å²) < 4.78 is 74.3. The minimum Gasteiger partial charge on any atom is -0.386 e. The zero-order chi connectivity index (χ0) is 15.0. The Bertz CT molecular complexity index is 628. The number of ether oxygens (including phenoxy) is 1. The van der Waals surface area contributed by atoms with Gasteiger partial charge in [-0.05, 0) is 0 Å². The van der Waals surface area contributed by atoms with E-state index in [9.17, 15) is 36.1 Å². The van der Waals surface area contributed by atoms with Crippen LogP contribution in [-0.2, 0) is 10.0 Å². The van der Waals surface area contributed by atoms with Gasteiger partial charge in [0.1, 0.15) is 0 Å². The van der Waals surface area contributed by atoms with E-state index in [4.69, 9.17) is 0 Å². The van der Waals surface area contributed by atoms with Crippen LogP contribution < -0.4 is 9.88 Å². The summed E-state index contributed by atoms with van der Waals surface area (Å²) in [6, 6.07) is 0. The second-order valence-electron chi connectivity index (χ2n) is 2.94. The molecule has 1 heterocycles. The molecule has 0 saturated carbocycles. The van der Waals surface area contributed by atoms with E-state index in [1.165, 1.54) is 0 Å². The normalized spacial score (nSPS) is 12.3. The van der Waals surface area contributed by atoms with Gasteiger partial charge in [0.25, 0.3) is 0 Å². The highest BCUT2D eigenvalue weighted by Gasteiger charge is 2.39. The molecular weight excluding hydrogens is 302 g/mol. The van der Waals surface area contributed by atoms with E-state index in [2.05, 4.69) is 14.9 Å². The molecule has 0 aromatic carbocycles. The second-order valence-corrected chi connectivity index (χ2v) is 4.44.